The fourth-order valence-electron chi connectivity index (χ4n) is 2.76. The number of benzene rings is 2. The molecule has 3 heteroatoms. The molecule has 0 aliphatic heterocycles. The van der Waals surface area contributed by atoms with E-state index in [4.69, 9.17) is 0 Å². The van der Waals surface area contributed by atoms with Gasteiger partial charge in [0.15, 0.2) is 0 Å². The lowest BCUT2D eigenvalue weighted by molar-refractivity contribution is -0.122. The first-order valence-electron chi connectivity index (χ1n) is 7.84. The summed E-state index contributed by atoms with van der Waals surface area (Å²) in [6.45, 7) is 3.87. The summed E-state index contributed by atoms with van der Waals surface area (Å²) in [7, 11) is -2.78. The molecule has 116 valence electrons. The molecule has 2 aromatic rings. The zero-order chi connectivity index (χ0) is 16.0. The predicted molar refractivity (Wildman–Crippen MR) is 93.7 cm³/mol. The standard InChI is InChI=1S/C19H23O2P/c1-3-16(19(20)4-2)15-22(21,17-11-7-5-8-12-17)18-13-9-6-10-14-18/h5-14,16H,3-4,15H2,1-2H3. The number of hydrogen-bond donors (Lipinski definition) is 0. The van der Waals surface area contributed by atoms with Gasteiger partial charge in [0, 0.05) is 29.1 Å². The molecule has 0 saturated carbocycles. The second-order valence-electron chi connectivity index (χ2n) is 5.52. The van der Waals surface area contributed by atoms with Crippen LogP contribution >= 0.6 is 7.14 Å². The van der Waals surface area contributed by atoms with Gasteiger partial charge < -0.3 is 4.57 Å². The number of ketones is 1. The van der Waals surface area contributed by atoms with E-state index in [-0.39, 0.29) is 11.7 Å². The van der Waals surface area contributed by atoms with Gasteiger partial charge in [-0.2, -0.15) is 0 Å². The average Bonchev–Trinajstić information content (AvgIpc) is 2.60. The molecule has 0 heterocycles. The number of carbonyl (C=O) groups is 1. The van der Waals surface area contributed by atoms with Crippen LogP contribution in [0.15, 0.2) is 60.7 Å². The van der Waals surface area contributed by atoms with E-state index < -0.39 is 7.14 Å². The highest BCUT2D eigenvalue weighted by atomic mass is 31.2. The van der Waals surface area contributed by atoms with Crippen molar-refractivity contribution in [1.29, 1.82) is 0 Å². The first kappa shape index (κ1) is 16.7. The van der Waals surface area contributed by atoms with E-state index in [1.807, 2.05) is 74.5 Å². The van der Waals surface area contributed by atoms with Crippen molar-refractivity contribution in [3.63, 3.8) is 0 Å². The van der Waals surface area contributed by atoms with Crippen LogP contribution in [-0.4, -0.2) is 11.9 Å². The molecule has 0 radical (unpaired) electrons. The third-order valence-corrected chi connectivity index (χ3v) is 7.34. The number of rotatable bonds is 7. The van der Waals surface area contributed by atoms with Crippen LogP contribution in [-0.2, 0) is 9.36 Å². The summed E-state index contributed by atoms with van der Waals surface area (Å²) < 4.78 is 13.9. The number of hydrogen-bond acceptors (Lipinski definition) is 2. The quantitative estimate of drug-likeness (QED) is 0.724. The third kappa shape index (κ3) is 3.56. The Morgan fingerprint density at radius 3 is 1.73 bits per heavy atom. The van der Waals surface area contributed by atoms with Crippen LogP contribution in [0.4, 0.5) is 0 Å². The lowest BCUT2D eigenvalue weighted by Gasteiger charge is -2.23. The van der Waals surface area contributed by atoms with Gasteiger partial charge in [-0.05, 0) is 6.42 Å². The summed E-state index contributed by atoms with van der Waals surface area (Å²) in [6.07, 6.45) is 1.66. The highest BCUT2D eigenvalue weighted by molar-refractivity contribution is 7.78. The van der Waals surface area contributed by atoms with Crippen molar-refractivity contribution in [2.75, 3.05) is 6.16 Å². The molecule has 22 heavy (non-hydrogen) atoms. The van der Waals surface area contributed by atoms with Gasteiger partial charge in [0.1, 0.15) is 12.9 Å². The SMILES string of the molecule is CCC(=O)C(CC)CP(=O)(c1ccccc1)c1ccccc1. The molecule has 2 rings (SSSR count). The summed E-state index contributed by atoms with van der Waals surface area (Å²) >= 11 is 0. The molecule has 2 aromatic carbocycles. The molecule has 1 atom stereocenters. The Balaban J connectivity index is 2.47. The zero-order valence-corrected chi connectivity index (χ0v) is 14.1. The Labute approximate surface area is 132 Å². The van der Waals surface area contributed by atoms with Crippen LogP contribution in [0.25, 0.3) is 0 Å². The lowest BCUT2D eigenvalue weighted by Crippen LogP contribution is -2.26. The van der Waals surface area contributed by atoms with Crippen molar-refractivity contribution >= 4 is 23.5 Å². The first-order chi connectivity index (χ1) is 10.6. The minimum atomic E-state index is -2.78. The Morgan fingerprint density at radius 1 is 0.909 bits per heavy atom. The van der Waals surface area contributed by atoms with Crippen molar-refractivity contribution in [3.05, 3.63) is 60.7 Å². The molecular formula is C19H23O2P. The molecule has 0 amide bonds. The van der Waals surface area contributed by atoms with Crippen LogP contribution in [0.3, 0.4) is 0 Å². The van der Waals surface area contributed by atoms with Gasteiger partial charge in [-0.15, -0.1) is 0 Å². The van der Waals surface area contributed by atoms with E-state index in [0.717, 1.165) is 17.0 Å². The van der Waals surface area contributed by atoms with E-state index in [0.29, 0.717) is 12.6 Å². The van der Waals surface area contributed by atoms with Gasteiger partial charge in [0.05, 0.1) is 0 Å². The fourth-order valence-corrected chi connectivity index (χ4v) is 5.86. The van der Waals surface area contributed by atoms with Crippen LogP contribution in [0.1, 0.15) is 26.7 Å². The van der Waals surface area contributed by atoms with Gasteiger partial charge in [0.2, 0.25) is 0 Å². The monoisotopic (exact) mass is 314 g/mol. The van der Waals surface area contributed by atoms with Crippen molar-refractivity contribution in [1.82, 2.24) is 0 Å². The van der Waals surface area contributed by atoms with Gasteiger partial charge in [0.25, 0.3) is 0 Å². The van der Waals surface area contributed by atoms with Crippen LogP contribution in [0, 0.1) is 5.92 Å². The topological polar surface area (TPSA) is 34.1 Å². The highest BCUT2D eigenvalue weighted by Crippen LogP contribution is 2.45. The number of Topliss-reactive ketones (excluding diaryl/α,β-unsaturated/α-hetero) is 1. The first-order valence-corrected chi connectivity index (χ1v) is 9.74. The molecule has 1 unspecified atom stereocenters. The molecule has 0 spiro atoms. The largest absolute Gasteiger partial charge is 0.314 e. The number of carbonyl (C=O) groups excluding carboxylic acids is 1. The maximum absolute atomic E-state index is 13.9. The van der Waals surface area contributed by atoms with E-state index >= 15 is 0 Å². The third-order valence-electron chi connectivity index (χ3n) is 4.12. The Morgan fingerprint density at radius 2 is 1.36 bits per heavy atom. The molecule has 0 fully saturated rings. The molecule has 0 bridgehead atoms. The molecule has 2 nitrogen and oxygen atoms in total. The summed E-state index contributed by atoms with van der Waals surface area (Å²) in [6, 6.07) is 19.1. The molecule has 0 aliphatic rings. The van der Waals surface area contributed by atoms with E-state index in [9.17, 15) is 9.36 Å². The van der Waals surface area contributed by atoms with Crippen molar-refractivity contribution < 1.29 is 9.36 Å². The van der Waals surface area contributed by atoms with E-state index in [1.54, 1.807) is 0 Å². The smallest absolute Gasteiger partial charge is 0.143 e. The maximum Gasteiger partial charge on any atom is 0.143 e. The predicted octanol–water partition coefficient (Wildman–Crippen LogP) is 4.01. The summed E-state index contributed by atoms with van der Waals surface area (Å²) in [4.78, 5) is 12.2. The van der Waals surface area contributed by atoms with E-state index in [2.05, 4.69) is 0 Å². The van der Waals surface area contributed by atoms with Gasteiger partial charge in [-0.1, -0.05) is 74.5 Å². The summed E-state index contributed by atoms with van der Waals surface area (Å²) in [5.41, 5.74) is 0. The summed E-state index contributed by atoms with van der Waals surface area (Å²) in [5.74, 6) is 0.0610. The van der Waals surface area contributed by atoms with Crippen LogP contribution in [0.5, 0.6) is 0 Å². The second-order valence-corrected chi connectivity index (χ2v) is 8.40. The molecule has 0 aliphatic carbocycles. The Kier molecular flexibility index (Phi) is 5.74. The minimum Gasteiger partial charge on any atom is -0.314 e. The normalized spacial score (nSPS) is 12.8. The molecule has 0 N–H and O–H groups in total. The fraction of sp³-hybridized carbons (Fsp3) is 0.316. The van der Waals surface area contributed by atoms with Crippen LogP contribution in [0.2, 0.25) is 0 Å². The Hall–Kier alpha value is -1.66. The van der Waals surface area contributed by atoms with Crippen molar-refractivity contribution in [2.45, 2.75) is 26.7 Å². The van der Waals surface area contributed by atoms with Gasteiger partial charge in [-0.3, -0.25) is 4.79 Å². The Bertz CT molecular complexity index is 606. The highest BCUT2D eigenvalue weighted by Gasteiger charge is 2.32. The average molecular weight is 314 g/mol. The second kappa shape index (κ2) is 7.56. The lowest BCUT2D eigenvalue weighted by atomic mass is 10.0. The summed E-state index contributed by atoms with van der Waals surface area (Å²) in [5, 5.41) is 1.67. The zero-order valence-electron chi connectivity index (χ0n) is 13.2. The minimum absolute atomic E-state index is 0.142. The van der Waals surface area contributed by atoms with E-state index in [1.165, 1.54) is 0 Å². The maximum atomic E-state index is 13.9. The molecule has 0 aromatic heterocycles. The van der Waals surface area contributed by atoms with Gasteiger partial charge in [-0.25, -0.2) is 0 Å². The van der Waals surface area contributed by atoms with Crippen LogP contribution < -0.4 is 10.6 Å². The van der Waals surface area contributed by atoms with Crippen molar-refractivity contribution in [2.24, 2.45) is 5.92 Å². The van der Waals surface area contributed by atoms with Gasteiger partial charge >= 0.3 is 0 Å². The molecule has 0 saturated heterocycles. The molecular weight excluding hydrogens is 291 g/mol. The van der Waals surface area contributed by atoms with Crippen molar-refractivity contribution in [3.8, 4) is 0 Å².